The minimum absolute atomic E-state index is 0.222. The van der Waals surface area contributed by atoms with Crippen molar-refractivity contribution in [1.82, 2.24) is 20.4 Å². The average molecular weight is 465 g/mol. The summed E-state index contributed by atoms with van der Waals surface area (Å²) < 4.78 is 0. The lowest BCUT2D eigenvalue weighted by Crippen LogP contribution is -2.59. The highest BCUT2D eigenvalue weighted by Crippen LogP contribution is 2.17. The Morgan fingerprint density at radius 2 is 1.67 bits per heavy atom. The molecule has 1 heterocycles. The van der Waals surface area contributed by atoms with Crippen molar-refractivity contribution < 1.29 is 29.1 Å². The maximum atomic E-state index is 13.2. The van der Waals surface area contributed by atoms with Crippen LogP contribution in [0.25, 0.3) is 0 Å². The van der Waals surface area contributed by atoms with Crippen LogP contribution in [0.1, 0.15) is 40.5 Å². The molecule has 0 aromatic heterocycles. The topological polar surface area (TPSA) is 136 Å². The summed E-state index contributed by atoms with van der Waals surface area (Å²) in [7, 11) is 3.06. The number of carbonyl (C=O) groups excluding carboxylic acids is 5. The third-order valence-corrected chi connectivity index (χ3v) is 5.57. The quantitative estimate of drug-likeness (QED) is 0.367. The third kappa shape index (κ3) is 8.12. The number of amides is 4. The van der Waals surface area contributed by atoms with E-state index in [1.165, 1.54) is 43.0 Å². The van der Waals surface area contributed by atoms with Gasteiger partial charge in [0.1, 0.15) is 24.2 Å². The second-order valence-corrected chi connectivity index (χ2v) is 8.55. The first-order valence-electron chi connectivity index (χ1n) is 11.1. The molecule has 0 saturated carbocycles. The Balaban J connectivity index is 3.07. The minimum Gasteiger partial charge on any atom is -0.385 e. The summed E-state index contributed by atoms with van der Waals surface area (Å²) in [6.07, 6.45) is 4.54. The maximum Gasteiger partial charge on any atom is 0.246 e. The average Bonchev–Trinajstić information content (AvgIpc) is 2.75. The molecule has 33 heavy (non-hydrogen) atoms. The number of likely N-dealkylation sites (N-methyl/N-ethyl adjacent to an activating group) is 2. The van der Waals surface area contributed by atoms with Crippen molar-refractivity contribution in [1.29, 1.82) is 0 Å². The normalized spacial score (nSPS) is 24.6. The number of hydrogen-bond acceptors (Lipinski definition) is 6. The summed E-state index contributed by atoms with van der Waals surface area (Å²) in [6.45, 7) is 6.89. The summed E-state index contributed by atoms with van der Waals surface area (Å²) >= 11 is 0. The Morgan fingerprint density at radius 1 is 1.06 bits per heavy atom. The SMILES string of the molecule is CC(O)C(=O)C=CC=CC(=O)NC1CCCNC(=O)C(C)N(C)C(=O)C(C(C)C)N(C)C1=O. The lowest BCUT2D eigenvalue weighted by Gasteiger charge is -2.37. The molecule has 0 aromatic carbocycles. The van der Waals surface area contributed by atoms with Crippen LogP contribution in [0.5, 0.6) is 0 Å². The van der Waals surface area contributed by atoms with E-state index in [1.807, 2.05) is 13.8 Å². The molecule has 0 radical (unpaired) electrons. The highest BCUT2D eigenvalue weighted by molar-refractivity contribution is 5.96. The van der Waals surface area contributed by atoms with E-state index >= 15 is 0 Å². The maximum absolute atomic E-state index is 13.2. The zero-order chi connectivity index (χ0) is 25.3. The zero-order valence-electron chi connectivity index (χ0n) is 20.2. The van der Waals surface area contributed by atoms with Gasteiger partial charge in [-0.2, -0.15) is 0 Å². The lowest BCUT2D eigenvalue weighted by atomic mass is 9.98. The van der Waals surface area contributed by atoms with E-state index in [4.69, 9.17) is 5.11 Å². The summed E-state index contributed by atoms with van der Waals surface area (Å²) in [5, 5.41) is 14.6. The molecular weight excluding hydrogens is 428 g/mol. The number of carbonyl (C=O) groups is 5. The third-order valence-electron chi connectivity index (χ3n) is 5.57. The Bertz CT molecular complexity index is 805. The molecular formula is C23H36N4O6. The van der Waals surface area contributed by atoms with Crippen LogP contribution < -0.4 is 10.6 Å². The van der Waals surface area contributed by atoms with E-state index in [0.29, 0.717) is 13.0 Å². The van der Waals surface area contributed by atoms with Gasteiger partial charge >= 0.3 is 0 Å². The van der Waals surface area contributed by atoms with Gasteiger partial charge in [0.15, 0.2) is 5.78 Å². The standard InChI is InChI=1S/C23H36N4O6/c1-14(2)20-23(33)26(5)15(3)21(31)24-13-9-10-17(22(32)27(20)6)25-19(30)12-8-7-11-18(29)16(4)28/h7-8,11-12,14-17,20,28H,9-10,13H2,1-6H3,(H,24,31)(H,25,30). The molecule has 1 fully saturated rings. The summed E-state index contributed by atoms with van der Waals surface area (Å²) in [4.78, 5) is 65.2. The van der Waals surface area contributed by atoms with Gasteiger partial charge in [-0.15, -0.1) is 0 Å². The second-order valence-electron chi connectivity index (χ2n) is 8.55. The first-order valence-corrected chi connectivity index (χ1v) is 11.1. The monoisotopic (exact) mass is 464 g/mol. The van der Waals surface area contributed by atoms with Gasteiger partial charge < -0.3 is 25.5 Å². The molecule has 4 unspecified atom stereocenters. The fourth-order valence-electron chi connectivity index (χ4n) is 3.43. The van der Waals surface area contributed by atoms with Gasteiger partial charge in [-0.05, 0) is 38.7 Å². The summed E-state index contributed by atoms with van der Waals surface area (Å²) in [6, 6.07) is -2.39. The van der Waals surface area contributed by atoms with Crippen LogP contribution in [0.2, 0.25) is 0 Å². The molecule has 10 nitrogen and oxygen atoms in total. The van der Waals surface area contributed by atoms with E-state index < -0.39 is 41.8 Å². The van der Waals surface area contributed by atoms with Gasteiger partial charge in [-0.3, -0.25) is 24.0 Å². The number of rotatable bonds is 6. The second kappa shape index (κ2) is 12.9. The molecule has 0 spiro atoms. The first-order chi connectivity index (χ1) is 15.4. The molecule has 1 saturated heterocycles. The molecule has 10 heteroatoms. The highest BCUT2D eigenvalue weighted by atomic mass is 16.3. The molecule has 0 bridgehead atoms. The van der Waals surface area contributed by atoms with Crippen LogP contribution in [0.15, 0.2) is 24.3 Å². The van der Waals surface area contributed by atoms with Crippen molar-refractivity contribution in [2.75, 3.05) is 20.6 Å². The molecule has 4 amide bonds. The van der Waals surface area contributed by atoms with E-state index in [1.54, 1.807) is 6.92 Å². The molecule has 4 atom stereocenters. The molecule has 1 rings (SSSR count). The number of aliphatic hydroxyl groups excluding tert-OH is 1. The van der Waals surface area contributed by atoms with Crippen LogP contribution in [0, 0.1) is 5.92 Å². The van der Waals surface area contributed by atoms with Gasteiger partial charge in [0.2, 0.25) is 23.6 Å². The molecule has 3 N–H and O–H groups in total. The molecule has 1 aliphatic rings. The lowest BCUT2D eigenvalue weighted by molar-refractivity contribution is -0.150. The fourth-order valence-corrected chi connectivity index (χ4v) is 3.43. The number of hydrogen-bond donors (Lipinski definition) is 3. The first kappa shape index (κ1) is 28.0. The van der Waals surface area contributed by atoms with Crippen molar-refractivity contribution in [2.24, 2.45) is 5.92 Å². The van der Waals surface area contributed by atoms with Gasteiger partial charge in [-0.25, -0.2) is 0 Å². The van der Waals surface area contributed by atoms with Crippen molar-refractivity contribution >= 4 is 29.4 Å². The molecule has 0 aliphatic carbocycles. The fraction of sp³-hybridized carbons (Fsp3) is 0.609. The smallest absolute Gasteiger partial charge is 0.246 e. The van der Waals surface area contributed by atoms with Crippen LogP contribution in [-0.4, -0.2) is 89.2 Å². The highest BCUT2D eigenvalue weighted by Gasteiger charge is 2.37. The van der Waals surface area contributed by atoms with E-state index in [2.05, 4.69) is 10.6 Å². The van der Waals surface area contributed by atoms with E-state index in [9.17, 15) is 24.0 Å². The number of ketones is 1. The molecule has 1 aliphatic heterocycles. The Hall–Kier alpha value is -3.01. The number of aliphatic hydroxyl groups is 1. The minimum atomic E-state index is -1.13. The predicted molar refractivity (Wildman–Crippen MR) is 123 cm³/mol. The van der Waals surface area contributed by atoms with Gasteiger partial charge in [-0.1, -0.05) is 26.0 Å². The Morgan fingerprint density at radius 3 is 2.24 bits per heavy atom. The van der Waals surface area contributed by atoms with Crippen molar-refractivity contribution in [2.45, 2.75) is 64.8 Å². The Kier molecular flexibility index (Phi) is 10.9. The van der Waals surface area contributed by atoms with E-state index in [0.717, 1.165) is 12.2 Å². The number of nitrogens with zero attached hydrogens (tertiary/aromatic N) is 2. The summed E-state index contributed by atoms with van der Waals surface area (Å²) in [5.41, 5.74) is 0. The van der Waals surface area contributed by atoms with Gasteiger partial charge in [0.25, 0.3) is 0 Å². The van der Waals surface area contributed by atoms with Crippen LogP contribution >= 0.6 is 0 Å². The van der Waals surface area contributed by atoms with Crippen molar-refractivity contribution in [3.05, 3.63) is 24.3 Å². The van der Waals surface area contributed by atoms with E-state index in [-0.39, 0.29) is 24.2 Å². The predicted octanol–water partition coefficient (Wildman–Crippen LogP) is -0.227. The van der Waals surface area contributed by atoms with Gasteiger partial charge in [0, 0.05) is 26.7 Å². The number of allylic oxidation sites excluding steroid dienone is 2. The summed E-state index contributed by atoms with van der Waals surface area (Å²) in [5.74, 6) is -2.32. The molecule has 0 aromatic rings. The van der Waals surface area contributed by atoms with Crippen LogP contribution in [0.3, 0.4) is 0 Å². The largest absolute Gasteiger partial charge is 0.385 e. The van der Waals surface area contributed by atoms with Crippen LogP contribution in [0.4, 0.5) is 0 Å². The van der Waals surface area contributed by atoms with Crippen LogP contribution in [-0.2, 0) is 24.0 Å². The molecule has 184 valence electrons. The van der Waals surface area contributed by atoms with Gasteiger partial charge in [0.05, 0.1) is 0 Å². The Labute approximate surface area is 195 Å². The van der Waals surface area contributed by atoms with Crippen molar-refractivity contribution in [3.63, 3.8) is 0 Å². The number of nitrogens with one attached hydrogen (secondary N) is 2. The zero-order valence-corrected chi connectivity index (χ0v) is 20.2. The van der Waals surface area contributed by atoms with Crippen molar-refractivity contribution in [3.8, 4) is 0 Å².